The molecule has 1 aromatic carbocycles. The van der Waals surface area contributed by atoms with Gasteiger partial charge >= 0.3 is 0 Å². The molecular formula is C13H17NO3. The molecule has 1 unspecified atom stereocenters. The van der Waals surface area contributed by atoms with Gasteiger partial charge in [-0.25, -0.2) is 0 Å². The maximum Gasteiger partial charge on any atom is 0.231 e. The maximum atomic E-state index is 11.0. The minimum atomic E-state index is -0.131. The van der Waals surface area contributed by atoms with Crippen LogP contribution >= 0.6 is 0 Å². The molecule has 0 aliphatic carbocycles. The molecular weight excluding hydrogens is 218 g/mol. The lowest BCUT2D eigenvalue weighted by Crippen LogP contribution is -2.13. The van der Waals surface area contributed by atoms with Crippen molar-refractivity contribution in [3.63, 3.8) is 0 Å². The molecule has 0 fully saturated rings. The zero-order valence-electron chi connectivity index (χ0n) is 10.2. The number of carbonyl (C=O) groups excluding carboxylic acids is 1. The van der Waals surface area contributed by atoms with Gasteiger partial charge in [0.1, 0.15) is 5.78 Å². The maximum absolute atomic E-state index is 11.0. The zero-order chi connectivity index (χ0) is 12.4. The molecule has 1 aliphatic rings. The van der Waals surface area contributed by atoms with Gasteiger partial charge in [0.25, 0.3) is 0 Å². The van der Waals surface area contributed by atoms with Crippen LogP contribution in [-0.2, 0) is 4.79 Å². The van der Waals surface area contributed by atoms with Gasteiger partial charge in [0, 0.05) is 12.5 Å². The molecule has 1 heterocycles. The lowest BCUT2D eigenvalue weighted by molar-refractivity contribution is -0.117. The van der Waals surface area contributed by atoms with Gasteiger partial charge in [0.15, 0.2) is 11.5 Å². The van der Waals surface area contributed by atoms with E-state index in [2.05, 4.69) is 0 Å². The molecule has 1 atom stereocenters. The van der Waals surface area contributed by atoms with Crippen molar-refractivity contribution in [3.8, 4) is 11.5 Å². The molecule has 0 spiro atoms. The van der Waals surface area contributed by atoms with Crippen molar-refractivity contribution < 1.29 is 14.3 Å². The summed E-state index contributed by atoms with van der Waals surface area (Å²) in [7, 11) is 0. The largest absolute Gasteiger partial charge is 0.454 e. The second-order valence-electron chi connectivity index (χ2n) is 4.41. The molecule has 4 nitrogen and oxygen atoms in total. The molecule has 2 N–H and O–H groups in total. The van der Waals surface area contributed by atoms with Gasteiger partial charge in [-0.3, -0.25) is 0 Å². The van der Waals surface area contributed by atoms with Crippen LogP contribution in [0.4, 0.5) is 0 Å². The average Bonchev–Trinajstić information content (AvgIpc) is 2.71. The molecule has 4 heteroatoms. The number of ether oxygens (including phenoxy) is 2. The van der Waals surface area contributed by atoms with Crippen LogP contribution in [0.1, 0.15) is 36.9 Å². The van der Waals surface area contributed by atoms with Gasteiger partial charge in [0.05, 0.1) is 0 Å². The number of aryl methyl sites for hydroxylation is 1. The SMILES string of the molecule is CC(=O)CCC(N)c1cc2c(cc1C)OCO2. The molecule has 17 heavy (non-hydrogen) atoms. The van der Waals surface area contributed by atoms with Crippen molar-refractivity contribution in [2.75, 3.05) is 6.79 Å². The van der Waals surface area contributed by atoms with Gasteiger partial charge in [-0.2, -0.15) is 0 Å². The van der Waals surface area contributed by atoms with E-state index in [-0.39, 0.29) is 18.6 Å². The fraction of sp³-hybridized carbons (Fsp3) is 0.462. The summed E-state index contributed by atoms with van der Waals surface area (Å²) in [5.74, 6) is 1.67. The van der Waals surface area contributed by atoms with Crippen LogP contribution in [0.5, 0.6) is 11.5 Å². The molecule has 0 bridgehead atoms. The predicted molar refractivity (Wildman–Crippen MR) is 64.1 cm³/mol. The van der Waals surface area contributed by atoms with Crippen molar-refractivity contribution in [1.29, 1.82) is 0 Å². The van der Waals surface area contributed by atoms with Crippen molar-refractivity contribution in [2.24, 2.45) is 5.73 Å². The Morgan fingerprint density at radius 2 is 2.06 bits per heavy atom. The Bertz CT molecular complexity index is 443. The van der Waals surface area contributed by atoms with Gasteiger partial charge in [-0.1, -0.05) is 0 Å². The van der Waals surface area contributed by atoms with E-state index in [1.54, 1.807) is 6.92 Å². The molecule has 0 amide bonds. The minimum absolute atomic E-state index is 0.131. The summed E-state index contributed by atoms with van der Waals surface area (Å²) in [5.41, 5.74) is 8.19. The lowest BCUT2D eigenvalue weighted by Gasteiger charge is -2.14. The third-order valence-electron chi connectivity index (χ3n) is 2.97. The van der Waals surface area contributed by atoms with E-state index < -0.39 is 0 Å². The van der Waals surface area contributed by atoms with E-state index in [4.69, 9.17) is 15.2 Å². The normalized spacial score (nSPS) is 14.8. The average molecular weight is 235 g/mol. The molecule has 0 aromatic heterocycles. The lowest BCUT2D eigenvalue weighted by atomic mass is 9.97. The fourth-order valence-corrected chi connectivity index (χ4v) is 1.97. The Morgan fingerprint density at radius 1 is 1.41 bits per heavy atom. The molecule has 0 radical (unpaired) electrons. The highest BCUT2D eigenvalue weighted by Gasteiger charge is 2.18. The summed E-state index contributed by atoms with van der Waals surface area (Å²) in [6, 6.07) is 3.72. The smallest absolute Gasteiger partial charge is 0.231 e. The van der Waals surface area contributed by atoms with Crippen molar-refractivity contribution in [2.45, 2.75) is 32.7 Å². The number of hydrogen-bond acceptors (Lipinski definition) is 4. The number of nitrogens with two attached hydrogens (primary N) is 1. The van der Waals surface area contributed by atoms with Crippen LogP contribution in [0, 0.1) is 6.92 Å². The van der Waals surface area contributed by atoms with E-state index in [0.29, 0.717) is 12.8 Å². The molecule has 2 rings (SSSR count). The Morgan fingerprint density at radius 3 is 2.71 bits per heavy atom. The zero-order valence-corrected chi connectivity index (χ0v) is 10.2. The standard InChI is InChI=1S/C13H17NO3/c1-8-5-12-13(17-7-16-12)6-10(8)11(14)4-3-9(2)15/h5-6,11H,3-4,7,14H2,1-2H3. The first-order valence-corrected chi connectivity index (χ1v) is 5.73. The highest BCUT2D eigenvalue weighted by molar-refractivity contribution is 5.75. The van der Waals surface area contributed by atoms with Crippen molar-refractivity contribution in [1.82, 2.24) is 0 Å². The monoisotopic (exact) mass is 235 g/mol. The summed E-state index contributed by atoms with van der Waals surface area (Å²) >= 11 is 0. The Labute approximate surface area is 101 Å². The third-order valence-corrected chi connectivity index (χ3v) is 2.97. The quantitative estimate of drug-likeness (QED) is 0.868. The van der Waals surface area contributed by atoms with Crippen LogP contribution in [0.3, 0.4) is 0 Å². The Kier molecular flexibility index (Phi) is 3.33. The van der Waals surface area contributed by atoms with E-state index in [0.717, 1.165) is 22.6 Å². The van der Waals surface area contributed by atoms with E-state index in [9.17, 15) is 4.79 Å². The van der Waals surface area contributed by atoms with Crippen molar-refractivity contribution >= 4 is 5.78 Å². The number of carbonyl (C=O) groups is 1. The summed E-state index contributed by atoms with van der Waals surface area (Å²) in [6.07, 6.45) is 1.17. The second kappa shape index (κ2) is 4.75. The van der Waals surface area contributed by atoms with Gasteiger partial charge in [-0.05, 0) is 43.5 Å². The first-order chi connectivity index (χ1) is 8.08. The first-order valence-electron chi connectivity index (χ1n) is 5.73. The molecule has 0 saturated carbocycles. The Hall–Kier alpha value is -1.55. The van der Waals surface area contributed by atoms with E-state index in [1.165, 1.54) is 0 Å². The third kappa shape index (κ3) is 2.58. The second-order valence-corrected chi connectivity index (χ2v) is 4.41. The number of benzene rings is 1. The van der Waals surface area contributed by atoms with Crippen LogP contribution in [0.15, 0.2) is 12.1 Å². The van der Waals surface area contributed by atoms with Crippen LogP contribution in [-0.4, -0.2) is 12.6 Å². The van der Waals surface area contributed by atoms with Crippen molar-refractivity contribution in [3.05, 3.63) is 23.3 Å². The summed E-state index contributed by atoms with van der Waals surface area (Å²) < 4.78 is 10.6. The fourth-order valence-electron chi connectivity index (χ4n) is 1.97. The number of hydrogen-bond donors (Lipinski definition) is 1. The van der Waals surface area contributed by atoms with Gasteiger partial charge < -0.3 is 20.0 Å². The first kappa shape index (κ1) is 11.9. The summed E-state index contributed by atoms with van der Waals surface area (Å²) in [6.45, 7) is 3.84. The highest BCUT2D eigenvalue weighted by atomic mass is 16.7. The molecule has 0 saturated heterocycles. The van der Waals surface area contributed by atoms with Gasteiger partial charge in [-0.15, -0.1) is 0 Å². The number of fused-ring (bicyclic) bond motifs is 1. The Balaban J connectivity index is 2.17. The molecule has 92 valence electrons. The van der Waals surface area contributed by atoms with Gasteiger partial charge in [0.2, 0.25) is 6.79 Å². The van der Waals surface area contributed by atoms with Crippen LogP contribution < -0.4 is 15.2 Å². The number of ketones is 1. The molecule has 1 aromatic rings. The summed E-state index contributed by atoms with van der Waals surface area (Å²) in [5, 5.41) is 0. The van der Waals surface area contributed by atoms with Crippen LogP contribution in [0.2, 0.25) is 0 Å². The predicted octanol–water partition coefficient (Wildman–Crippen LogP) is 2.09. The highest BCUT2D eigenvalue weighted by Crippen LogP contribution is 2.36. The topological polar surface area (TPSA) is 61.6 Å². The molecule has 1 aliphatic heterocycles. The van der Waals surface area contributed by atoms with E-state index in [1.807, 2.05) is 19.1 Å². The number of Topliss-reactive ketones (excluding diaryl/α,β-unsaturated/α-hetero) is 1. The number of rotatable bonds is 4. The van der Waals surface area contributed by atoms with E-state index >= 15 is 0 Å². The van der Waals surface area contributed by atoms with Crippen LogP contribution in [0.25, 0.3) is 0 Å². The summed E-state index contributed by atoms with van der Waals surface area (Å²) in [4.78, 5) is 11.0. The minimum Gasteiger partial charge on any atom is -0.454 e.